The third-order valence-electron chi connectivity index (χ3n) is 1.13. The van der Waals surface area contributed by atoms with Gasteiger partial charge in [0.15, 0.2) is 5.12 Å². The van der Waals surface area contributed by atoms with E-state index in [1.54, 1.807) is 6.92 Å². The van der Waals surface area contributed by atoms with Gasteiger partial charge in [0.05, 0.1) is 0 Å². The van der Waals surface area contributed by atoms with E-state index < -0.39 is 0 Å². The lowest BCUT2D eigenvalue weighted by Crippen LogP contribution is -2.18. The molecule has 0 heterocycles. The molecule has 0 aliphatic carbocycles. The highest BCUT2D eigenvalue weighted by Crippen LogP contribution is 2.27. The lowest BCUT2D eigenvalue weighted by Gasteiger charge is -2.20. The third-order valence-corrected chi connectivity index (χ3v) is 2.18. The Balaban J connectivity index is 3.74. The molecule has 0 fully saturated rings. The van der Waals surface area contributed by atoms with Crippen molar-refractivity contribution in [2.24, 2.45) is 0 Å². The fraction of sp³-hybridized carbons (Fsp3) is 0.857. The SMILES string of the molecule is CC(=O)SC(C)(C)CCO. The first-order chi connectivity index (χ1) is 4.48. The van der Waals surface area contributed by atoms with Gasteiger partial charge in [0.1, 0.15) is 0 Å². The van der Waals surface area contributed by atoms with Crippen molar-refractivity contribution in [1.29, 1.82) is 0 Å². The summed E-state index contributed by atoms with van der Waals surface area (Å²) in [5, 5.41) is 8.70. The second-order valence-electron chi connectivity index (χ2n) is 2.83. The molecule has 0 amide bonds. The number of rotatable bonds is 3. The maximum Gasteiger partial charge on any atom is 0.186 e. The van der Waals surface area contributed by atoms with E-state index in [1.165, 1.54) is 11.8 Å². The van der Waals surface area contributed by atoms with E-state index in [4.69, 9.17) is 5.11 Å². The predicted molar refractivity (Wildman–Crippen MR) is 44.1 cm³/mol. The first kappa shape index (κ1) is 9.98. The van der Waals surface area contributed by atoms with Gasteiger partial charge in [-0.3, -0.25) is 4.79 Å². The number of carbonyl (C=O) groups is 1. The predicted octanol–water partition coefficient (Wildman–Crippen LogP) is 1.43. The molecule has 0 rings (SSSR count). The van der Waals surface area contributed by atoms with Crippen molar-refractivity contribution in [1.82, 2.24) is 0 Å². The molecule has 0 bridgehead atoms. The first-order valence-corrected chi connectivity index (χ1v) is 4.10. The first-order valence-electron chi connectivity index (χ1n) is 3.28. The standard InChI is InChI=1S/C7H14O2S/c1-6(9)10-7(2,3)4-5-8/h8H,4-5H2,1-3H3. The fourth-order valence-corrected chi connectivity index (χ4v) is 1.68. The topological polar surface area (TPSA) is 37.3 Å². The van der Waals surface area contributed by atoms with Gasteiger partial charge in [-0.15, -0.1) is 0 Å². The van der Waals surface area contributed by atoms with Crippen LogP contribution in [0.1, 0.15) is 27.2 Å². The van der Waals surface area contributed by atoms with E-state index >= 15 is 0 Å². The van der Waals surface area contributed by atoms with Gasteiger partial charge in [-0.25, -0.2) is 0 Å². The number of aliphatic hydroxyl groups excluding tert-OH is 1. The van der Waals surface area contributed by atoms with Crippen molar-refractivity contribution in [2.45, 2.75) is 31.9 Å². The van der Waals surface area contributed by atoms with E-state index in [0.29, 0.717) is 6.42 Å². The number of aliphatic hydroxyl groups is 1. The molecule has 0 aromatic rings. The largest absolute Gasteiger partial charge is 0.396 e. The minimum Gasteiger partial charge on any atom is -0.396 e. The van der Waals surface area contributed by atoms with Crippen LogP contribution in [-0.2, 0) is 4.79 Å². The van der Waals surface area contributed by atoms with Crippen molar-refractivity contribution >= 4 is 16.9 Å². The van der Waals surface area contributed by atoms with Gasteiger partial charge in [0.2, 0.25) is 0 Å². The van der Waals surface area contributed by atoms with Crippen LogP contribution < -0.4 is 0 Å². The summed E-state index contributed by atoms with van der Waals surface area (Å²) in [6.07, 6.45) is 0.664. The highest BCUT2D eigenvalue weighted by Gasteiger charge is 2.19. The Bertz CT molecular complexity index is 121. The molecule has 0 radical (unpaired) electrons. The molecule has 3 heteroatoms. The van der Waals surface area contributed by atoms with Gasteiger partial charge in [-0.2, -0.15) is 0 Å². The molecule has 0 spiro atoms. The summed E-state index contributed by atoms with van der Waals surface area (Å²) in [4.78, 5) is 10.6. The molecule has 0 aromatic carbocycles. The molecule has 2 nitrogen and oxygen atoms in total. The van der Waals surface area contributed by atoms with E-state index in [9.17, 15) is 4.79 Å². The highest BCUT2D eigenvalue weighted by molar-refractivity contribution is 8.14. The smallest absolute Gasteiger partial charge is 0.186 e. The Labute approximate surface area is 66.0 Å². The zero-order valence-corrected chi connectivity index (χ0v) is 7.49. The van der Waals surface area contributed by atoms with Crippen LogP contribution in [0.2, 0.25) is 0 Å². The van der Waals surface area contributed by atoms with Gasteiger partial charge >= 0.3 is 0 Å². The van der Waals surface area contributed by atoms with Gasteiger partial charge in [-0.1, -0.05) is 25.6 Å². The van der Waals surface area contributed by atoms with Crippen LogP contribution >= 0.6 is 11.8 Å². The average Bonchev–Trinajstić information content (AvgIpc) is 1.59. The van der Waals surface area contributed by atoms with Crippen LogP contribution in [0.3, 0.4) is 0 Å². The van der Waals surface area contributed by atoms with Gasteiger partial charge < -0.3 is 5.11 Å². The Morgan fingerprint density at radius 1 is 1.60 bits per heavy atom. The van der Waals surface area contributed by atoms with E-state index in [-0.39, 0.29) is 16.5 Å². The van der Waals surface area contributed by atoms with Crippen LogP contribution in [0, 0.1) is 0 Å². The Kier molecular flexibility index (Phi) is 3.98. The molecule has 0 aromatic heterocycles. The summed E-state index contributed by atoms with van der Waals surface area (Å²) in [6.45, 7) is 5.60. The molecule has 1 N–H and O–H groups in total. The Morgan fingerprint density at radius 2 is 2.10 bits per heavy atom. The number of thioether (sulfide) groups is 1. The minimum absolute atomic E-state index is 0.110. The molecule has 0 aliphatic rings. The number of hydrogen-bond donors (Lipinski definition) is 1. The molecule has 60 valence electrons. The van der Waals surface area contributed by atoms with Crippen LogP contribution in [0.4, 0.5) is 0 Å². The molecular weight excluding hydrogens is 148 g/mol. The van der Waals surface area contributed by atoms with Gasteiger partial charge in [0, 0.05) is 18.3 Å². The molecule has 0 aliphatic heterocycles. The molecule has 0 unspecified atom stereocenters. The molecule has 10 heavy (non-hydrogen) atoms. The van der Waals surface area contributed by atoms with Gasteiger partial charge in [0.25, 0.3) is 0 Å². The van der Waals surface area contributed by atoms with Crippen molar-refractivity contribution in [3.63, 3.8) is 0 Å². The summed E-state index contributed by atoms with van der Waals surface area (Å²) in [5.41, 5.74) is 0. The van der Waals surface area contributed by atoms with Crippen molar-refractivity contribution in [3.8, 4) is 0 Å². The molecular formula is C7H14O2S. The van der Waals surface area contributed by atoms with Crippen LogP contribution in [0.5, 0.6) is 0 Å². The summed E-state index contributed by atoms with van der Waals surface area (Å²) in [7, 11) is 0. The van der Waals surface area contributed by atoms with Crippen LogP contribution in [-0.4, -0.2) is 21.6 Å². The summed E-state index contributed by atoms with van der Waals surface area (Å²) >= 11 is 1.28. The maximum absolute atomic E-state index is 10.6. The summed E-state index contributed by atoms with van der Waals surface area (Å²) < 4.78 is -0.111. The molecule has 0 saturated carbocycles. The molecule has 0 atom stereocenters. The van der Waals surface area contributed by atoms with Crippen molar-refractivity contribution in [3.05, 3.63) is 0 Å². The number of hydrogen-bond acceptors (Lipinski definition) is 3. The van der Waals surface area contributed by atoms with E-state index in [2.05, 4.69) is 0 Å². The van der Waals surface area contributed by atoms with E-state index in [1.807, 2.05) is 13.8 Å². The second kappa shape index (κ2) is 3.98. The van der Waals surface area contributed by atoms with Crippen LogP contribution in [0.25, 0.3) is 0 Å². The number of carbonyl (C=O) groups excluding carboxylic acids is 1. The second-order valence-corrected chi connectivity index (χ2v) is 4.71. The van der Waals surface area contributed by atoms with Gasteiger partial charge in [-0.05, 0) is 6.42 Å². The average molecular weight is 162 g/mol. The van der Waals surface area contributed by atoms with Crippen molar-refractivity contribution in [2.75, 3.05) is 6.61 Å². The summed E-state index contributed by atoms with van der Waals surface area (Å²) in [5.74, 6) is 0. The zero-order chi connectivity index (χ0) is 8.20. The highest BCUT2D eigenvalue weighted by atomic mass is 32.2. The van der Waals surface area contributed by atoms with Crippen LogP contribution in [0.15, 0.2) is 0 Å². The Hall–Kier alpha value is -0.0200. The quantitative estimate of drug-likeness (QED) is 0.682. The fourth-order valence-electron chi connectivity index (χ4n) is 0.709. The monoisotopic (exact) mass is 162 g/mol. The molecule has 0 saturated heterocycles. The third kappa shape index (κ3) is 4.82. The zero-order valence-electron chi connectivity index (χ0n) is 6.68. The summed E-state index contributed by atoms with van der Waals surface area (Å²) in [6, 6.07) is 0. The lowest BCUT2D eigenvalue weighted by atomic mass is 10.1. The van der Waals surface area contributed by atoms with Crippen molar-refractivity contribution < 1.29 is 9.90 Å². The minimum atomic E-state index is -0.111. The maximum atomic E-state index is 10.6. The lowest BCUT2D eigenvalue weighted by molar-refractivity contribution is -0.109. The van der Waals surface area contributed by atoms with E-state index in [0.717, 1.165) is 0 Å². The normalized spacial score (nSPS) is 11.6. The Morgan fingerprint density at radius 3 is 2.40 bits per heavy atom.